The number of nitrogens with one attached hydrogen (secondary N) is 1. The lowest BCUT2D eigenvalue weighted by Gasteiger charge is -2.35. The first-order valence-corrected chi connectivity index (χ1v) is 11.8. The molecule has 1 N–H and O–H groups in total. The van der Waals surface area contributed by atoms with Gasteiger partial charge in [0.05, 0.1) is 28.9 Å². The fourth-order valence-corrected chi connectivity index (χ4v) is 4.57. The van der Waals surface area contributed by atoms with Crippen LogP contribution in [0.4, 0.5) is 4.39 Å². The van der Waals surface area contributed by atoms with Crippen LogP contribution < -0.4 is 10.9 Å². The first-order valence-electron chi connectivity index (χ1n) is 11.4. The molecule has 11 heteroatoms. The predicted molar refractivity (Wildman–Crippen MR) is 126 cm³/mol. The molecule has 1 atom stereocenters. The highest BCUT2D eigenvalue weighted by Gasteiger charge is 2.45. The van der Waals surface area contributed by atoms with Crippen molar-refractivity contribution < 1.29 is 13.7 Å². The van der Waals surface area contributed by atoms with Crippen LogP contribution in [0.25, 0.3) is 22.2 Å². The van der Waals surface area contributed by atoms with Gasteiger partial charge in [0.2, 0.25) is 11.7 Å². The zero-order valence-corrected chi connectivity index (χ0v) is 19.9. The van der Waals surface area contributed by atoms with Gasteiger partial charge in [0.15, 0.2) is 5.60 Å². The minimum absolute atomic E-state index is 0.134. The van der Waals surface area contributed by atoms with Gasteiger partial charge in [0.25, 0.3) is 5.56 Å². The van der Waals surface area contributed by atoms with E-state index in [0.29, 0.717) is 48.4 Å². The summed E-state index contributed by atoms with van der Waals surface area (Å²) in [5, 5.41) is 8.00. The van der Waals surface area contributed by atoms with Gasteiger partial charge in [-0.15, -0.1) is 0 Å². The molecule has 1 aromatic carbocycles. The van der Waals surface area contributed by atoms with Crippen molar-refractivity contribution in [3.63, 3.8) is 0 Å². The van der Waals surface area contributed by atoms with Crippen LogP contribution in [0.15, 0.2) is 33.6 Å². The zero-order chi connectivity index (χ0) is 24.3. The summed E-state index contributed by atoms with van der Waals surface area (Å²) in [6.45, 7) is 3.07. The molecule has 2 aliphatic rings. The van der Waals surface area contributed by atoms with E-state index < -0.39 is 11.4 Å². The van der Waals surface area contributed by atoms with E-state index in [4.69, 9.17) is 25.8 Å². The SMILES string of the molecule is Cc1nc2cc([C@@]3(c4noc(C5CC5)n4)CNCCO3)nc(-c3ccc(Cl)cc3F)c2c(=O)n1C. The Hall–Kier alpha value is -3.21. The van der Waals surface area contributed by atoms with E-state index in [2.05, 4.69) is 20.4 Å². The number of hydrogen-bond acceptors (Lipinski definition) is 8. The largest absolute Gasteiger partial charge is 0.358 e. The second-order valence-electron chi connectivity index (χ2n) is 8.98. The summed E-state index contributed by atoms with van der Waals surface area (Å²) in [7, 11) is 1.62. The maximum absolute atomic E-state index is 15.1. The van der Waals surface area contributed by atoms with Crippen LogP contribution in [0.3, 0.4) is 0 Å². The van der Waals surface area contributed by atoms with Crippen LogP contribution in [0.2, 0.25) is 5.02 Å². The van der Waals surface area contributed by atoms with E-state index in [0.717, 1.165) is 12.8 Å². The molecule has 4 heterocycles. The van der Waals surface area contributed by atoms with Crippen LogP contribution in [0.5, 0.6) is 0 Å². The molecule has 35 heavy (non-hydrogen) atoms. The van der Waals surface area contributed by atoms with Gasteiger partial charge in [0.1, 0.15) is 11.6 Å². The molecule has 1 saturated heterocycles. The summed E-state index contributed by atoms with van der Waals surface area (Å²) >= 11 is 5.99. The van der Waals surface area contributed by atoms with Crippen LogP contribution in [-0.4, -0.2) is 44.4 Å². The van der Waals surface area contributed by atoms with E-state index >= 15 is 4.39 Å². The molecule has 0 unspecified atom stereocenters. The van der Waals surface area contributed by atoms with Crippen molar-refractivity contribution in [1.29, 1.82) is 0 Å². The number of aromatic nitrogens is 5. The van der Waals surface area contributed by atoms with Crippen molar-refractivity contribution in [3.8, 4) is 11.3 Å². The summed E-state index contributed by atoms with van der Waals surface area (Å²) in [4.78, 5) is 27.4. The lowest BCUT2D eigenvalue weighted by Crippen LogP contribution is -2.49. The quantitative estimate of drug-likeness (QED) is 0.459. The maximum atomic E-state index is 15.1. The fraction of sp³-hybridized carbons (Fsp3) is 0.375. The number of hydrogen-bond donors (Lipinski definition) is 1. The average Bonchev–Trinajstić information content (AvgIpc) is 3.58. The van der Waals surface area contributed by atoms with Gasteiger partial charge in [-0.05, 0) is 44.0 Å². The Balaban J connectivity index is 1.65. The topological polar surface area (TPSA) is 108 Å². The molecule has 1 aliphatic heterocycles. The van der Waals surface area contributed by atoms with Crippen LogP contribution in [0.1, 0.15) is 42.0 Å². The van der Waals surface area contributed by atoms with Crippen molar-refractivity contribution >= 4 is 22.5 Å². The average molecular weight is 497 g/mol. The van der Waals surface area contributed by atoms with Gasteiger partial charge < -0.3 is 14.6 Å². The van der Waals surface area contributed by atoms with Gasteiger partial charge in [-0.1, -0.05) is 16.8 Å². The first kappa shape index (κ1) is 22.3. The Kier molecular flexibility index (Phi) is 5.21. The van der Waals surface area contributed by atoms with E-state index in [1.54, 1.807) is 26.1 Å². The summed E-state index contributed by atoms with van der Waals surface area (Å²) in [5.41, 5.74) is -0.460. The number of halogens is 2. The fourth-order valence-electron chi connectivity index (χ4n) is 4.41. The normalized spacial score (nSPS) is 20.5. The van der Waals surface area contributed by atoms with Crippen LogP contribution in [0, 0.1) is 12.7 Å². The summed E-state index contributed by atoms with van der Waals surface area (Å²) in [5.74, 6) is 1.08. The third-order valence-electron chi connectivity index (χ3n) is 6.62. The Morgan fingerprint density at radius 2 is 2.06 bits per heavy atom. The first-order chi connectivity index (χ1) is 16.9. The van der Waals surface area contributed by atoms with Crippen LogP contribution in [-0.2, 0) is 17.4 Å². The standard InChI is InChI=1S/C24H22ClFN6O3/c1-12-28-17-10-18(24(11-27-7-8-34-24)23-30-21(35-31-23)13-3-4-13)29-20(19(17)22(33)32(12)2)15-6-5-14(25)9-16(15)26/h5-6,9-10,13,27H,3-4,7-8,11H2,1-2H3/t24-/m1/s1. The molecule has 0 radical (unpaired) electrons. The number of benzene rings is 1. The van der Waals surface area contributed by atoms with E-state index in [1.165, 1.54) is 16.7 Å². The Bertz CT molecular complexity index is 1520. The van der Waals surface area contributed by atoms with E-state index in [-0.39, 0.29) is 33.1 Å². The van der Waals surface area contributed by atoms with Crippen molar-refractivity contribution in [2.75, 3.05) is 19.7 Å². The molecule has 1 saturated carbocycles. The van der Waals surface area contributed by atoms with Gasteiger partial charge in [-0.25, -0.2) is 14.4 Å². The predicted octanol–water partition coefficient (Wildman–Crippen LogP) is 3.22. The number of aryl methyl sites for hydroxylation is 1. The van der Waals surface area contributed by atoms with Crippen LogP contribution >= 0.6 is 11.6 Å². The summed E-state index contributed by atoms with van der Waals surface area (Å²) < 4.78 is 28.4. The lowest BCUT2D eigenvalue weighted by atomic mass is 9.94. The zero-order valence-electron chi connectivity index (χ0n) is 19.1. The van der Waals surface area contributed by atoms with E-state index in [1.807, 2.05) is 0 Å². The summed E-state index contributed by atoms with van der Waals surface area (Å²) in [6, 6.07) is 5.95. The Morgan fingerprint density at radius 3 is 2.77 bits per heavy atom. The number of nitrogens with zero attached hydrogens (tertiary/aromatic N) is 5. The van der Waals surface area contributed by atoms with Gasteiger partial charge in [-0.2, -0.15) is 4.98 Å². The van der Waals surface area contributed by atoms with Crippen molar-refractivity contribution in [2.24, 2.45) is 7.05 Å². The molecule has 0 spiro atoms. The van der Waals surface area contributed by atoms with Crippen molar-refractivity contribution in [3.05, 3.63) is 68.7 Å². The molecule has 1 aliphatic carbocycles. The number of rotatable bonds is 4. The molecule has 2 fully saturated rings. The highest BCUT2D eigenvalue weighted by molar-refractivity contribution is 6.30. The molecular weight excluding hydrogens is 475 g/mol. The molecule has 6 rings (SSSR count). The van der Waals surface area contributed by atoms with Gasteiger partial charge in [0, 0.05) is 36.6 Å². The third-order valence-corrected chi connectivity index (χ3v) is 6.85. The summed E-state index contributed by atoms with van der Waals surface area (Å²) in [6.07, 6.45) is 2.02. The Labute approximate surface area is 204 Å². The highest BCUT2D eigenvalue weighted by atomic mass is 35.5. The number of morpholine rings is 1. The smallest absolute Gasteiger partial charge is 0.263 e. The number of fused-ring (bicyclic) bond motifs is 1. The van der Waals surface area contributed by atoms with E-state index in [9.17, 15) is 4.79 Å². The minimum atomic E-state index is -1.20. The molecule has 9 nitrogen and oxygen atoms in total. The minimum Gasteiger partial charge on any atom is -0.358 e. The molecule has 3 aromatic heterocycles. The van der Waals surface area contributed by atoms with Gasteiger partial charge >= 0.3 is 0 Å². The number of ether oxygens (including phenoxy) is 1. The highest BCUT2D eigenvalue weighted by Crippen LogP contribution is 2.41. The second-order valence-corrected chi connectivity index (χ2v) is 9.42. The molecule has 0 amide bonds. The molecular formula is C24H22ClFN6O3. The lowest BCUT2D eigenvalue weighted by molar-refractivity contribution is -0.0501. The third kappa shape index (κ3) is 3.64. The molecule has 180 valence electrons. The second kappa shape index (κ2) is 8.18. The number of pyridine rings is 1. The van der Waals surface area contributed by atoms with Crippen molar-refractivity contribution in [1.82, 2.24) is 30.0 Å². The van der Waals surface area contributed by atoms with Crippen molar-refractivity contribution in [2.45, 2.75) is 31.3 Å². The molecule has 0 bridgehead atoms. The Morgan fingerprint density at radius 1 is 1.23 bits per heavy atom. The monoisotopic (exact) mass is 496 g/mol. The maximum Gasteiger partial charge on any atom is 0.263 e. The van der Waals surface area contributed by atoms with Gasteiger partial charge in [-0.3, -0.25) is 9.36 Å². The molecule has 4 aromatic rings.